The smallest absolute Gasteiger partial charge is 0.225 e. The maximum absolute atomic E-state index is 14.1. The Hall–Kier alpha value is -1.73. The first-order valence-electron chi connectivity index (χ1n) is 7.21. The van der Waals surface area contributed by atoms with E-state index in [4.69, 9.17) is 23.2 Å². The average Bonchev–Trinajstić information content (AvgIpc) is 2.50. The van der Waals surface area contributed by atoms with E-state index < -0.39 is 5.82 Å². The van der Waals surface area contributed by atoms with E-state index in [2.05, 4.69) is 20.3 Å². The van der Waals surface area contributed by atoms with Gasteiger partial charge in [0.2, 0.25) is 11.2 Å². The van der Waals surface area contributed by atoms with Gasteiger partial charge in [-0.3, -0.25) is 4.79 Å². The zero-order valence-electron chi connectivity index (χ0n) is 11.9. The Morgan fingerprint density at radius 1 is 1.26 bits per heavy atom. The van der Waals surface area contributed by atoms with Crippen molar-refractivity contribution < 1.29 is 9.18 Å². The van der Waals surface area contributed by atoms with Crippen LogP contribution in [0.3, 0.4) is 0 Å². The molecule has 0 atom stereocenters. The Morgan fingerprint density at radius 2 is 1.96 bits per heavy atom. The van der Waals surface area contributed by atoms with Crippen molar-refractivity contribution in [2.45, 2.75) is 24.8 Å². The summed E-state index contributed by atoms with van der Waals surface area (Å²) in [6, 6.07) is 0. The van der Waals surface area contributed by atoms with Crippen LogP contribution in [0.1, 0.15) is 19.3 Å². The lowest BCUT2D eigenvalue weighted by Crippen LogP contribution is -2.65. The van der Waals surface area contributed by atoms with Crippen molar-refractivity contribution in [1.82, 2.24) is 20.3 Å². The van der Waals surface area contributed by atoms with Crippen LogP contribution in [0.25, 0.3) is 10.9 Å². The number of hydrogen-bond donors (Lipinski definition) is 1. The Labute approximate surface area is 141 Å². The fraction of sp³-hybridized carbons (Fsp3) is 0.429. The zero-order chi connectivity index (χ0) is 16.2. The van der Waals surface area contributed by atoms with Crippen molar-refractivity contribution in [3.63, 3.8) is 0 Å². The number of nitrogens with zero attached hydrogens (tertiary/aromatic N) is 4. The lowest BCUT2D eigenvalue weighted by Gasteiger charge is -2.48. The van der Waals surface area contributed by atoms with Gasteiger partial charge >= 0.3 is 0 Å². The fourth-order valence-corrected chi connectivity index (χ4v) is 3.57. The second-order valence-corrected chi connectivity index (χ2v) is 6.63. The molecule has 1 amide bonds. The molecule has 4 heterocycles. The third-order valence-corrected chi connectivity index (χ3v) is 4.95. The van der Waals surface area contributed by atoms with Gasteiger partial charge in [-0.1, -0.05) is 11.6 Å². The molecule has 2 aliphatic rings. The van der Waals surface area contributed by atoms with E-state index in [0.29, 0.717) is 30.7 Å². The van der Waals surface area contributed by atoms with Crippen LogP contribution in [0.5, 0.6) is 0 Å². The molecule has 6 nitrogen and oxygen atoms in total. The van der Waals surface area contributed by atoms with Gasteiger partial charge < -0.3 is 10.2 Å². The summed E-state index contributed by atoms with van der Waals surface area (Å²) in [4.78, 5) is 25.2. The number of hydrogen-bond acceptors (Lipinski definition) is 5. The number of halogens is 3. The maximum atomic E-state index is 14.1. The van der Waals surface area contributed by atoms with Crippen LogP contribution in [0, 0.1) is 5.82 Å². The van der Waals surface area contributed by atoms with Crippen LogP contribution in [0.4, 0.5) is 10.2 Å². The Morgan fingerprint density at radius 3 is 2.61 bits per heavy atom. The van der Waals surface area contributed by atoms with Crippen LogP contribution < -0.4 is 10.2 Å². The number of nitrogens with one attached hydrogen (secondary N) is 1. The summed E-state index contributed by atoms with van der Waals surface area (Å²) in [5.74, 6) is -0.0621. The summed E-state index contributed by atoms with van der Waals surface area (Å²) >= 11 is 11.7. The predicted molar refractivity (Wildman–Crippen MR) is 84.2 cm³/mol. The van der Waals surface area contributed by atoms with Crippen LogP contribution in [0.2, 0.25) is 10.4 Å². The minimum Gasteiger partial charge on any atom is -0.356 e. The summed E-state index contributed by atoms with van der Waals surface area (Å²) in [6.45, 7) is 1.37. The number of piperidine rings is 1. The highest BCUT2D eigenvalue weighted by molar-refractivity contribution is 6.30. The Bertz CT molecular complexity index is 812. The number of carbonyl (C=O) groups is 1. The fourth-order valence-electron chi connectivity index (χ4n) is 3.27. The number of β-lactam (4-membered cyclic amide) rings is 1. The minimum absolute atomic E-state index is 0.0362. The summed E-state index contributed by atoms with van der Waals surface area (Å²) < 4.78 is 14.1. The number of rotatable bonds is 1. The molecule has 0 unspecified atom stereocenters. The van der Waals surface area contributed by atoms with Gasteiger partial charge in [-0.05, 0) is 24.4 Å². The van der Waals surface area contributed by atoms with Gasteiger partial charge in [0.15, 0.2) is 11.0 Å². The second-order valence-electron chi connectivity index (χ2n) is 5.93. The van der Waals surface area contributed by atoms with Crippen molar-refractivity contribution in [3.8, 4) is 0 Å². The number of fused-ring (bicyclic) bond motifs is 1. The molecule has 0 aromatic carbocycles. The molecule has 0 aliphatic carbocycles. The molecule has 0 radical (unpaired) electrons. The van der Waals surface area contributed by atoms with E-state index >= 15 is 0 Å². The molecular formula is C14H12Cl2FN5O. The van der Waals surface area contributed by atoms with E-state index in [-0.39, 0.29) is 27.4 Å². The van der Waals surface area contributed by atoms with Crippen molar-refractivity contribution in [3.05, 3.63) is 22.5 Å². The molecule has 4 rings (SSSR count). The van der Waals surface area contributed by atoms with Crippen molar-refractivity contribution in [2.24, 2.45) is 0 Å². The lowest BCUT2D eigenvalue weighted by molar-refractivity contribution is -0.133. The molecule has 0 bridgehead atoms. The monoisotopic (exact) mass is 355 g/mol. The van der Waals surface area contributed by atoms with Gasteiger partial charge in [0.05, 0.1) is 10.9 Å². The van der Waals surface area contributed by atoms with Crippen molar-refractivity contribution >= 4 is 45.8 Å². The van der Waals surface area contributed by atoms with Gasteiger partial charge in [-0.2, -0.15) is 4.98 Å². The Balaban J connectivity index is 1.69. The van der Waals surface area contributed by atoms with Gasteiger partial charge in [0.25, 0.3) is 0 Å². The van der Waals surface area contributed by atoms with Crippen LogP contribution in [0.15, 0.2) is 6.20 Å². The molecule has 2 aromatic rings. The third kappa shape index (κ3) is 2.38. The van der Waals surface area contributed by atoms with Crippen molar-refractivity contribution in [2.75, 3.05) is 18.0 Å². The van der Waals surface area contributed by atoms with Gasteiger partial charge in [0.1, 0.15) is 11.3 Å². The van der Waals surface area contributed by atoms with E-state index in [0.717, 1.165) is 12.8 Å². The molecule has 2 aliphatic heterocycles. The normalized spacial score (nSPS) is 19.8. The zero-order valence-corrected chi connectivity index (χ0v) is 13.5. The first kappa shape index (κ1) is 14.8. The highest BCUT2D eigenvalue weighted by Gasteiger charge is 2.45. The predicted octanol–water partition coefficient (Wildman–Crippen LogP) is 2.33. The third-order valence-electron chi connectivity index (χ3n) is 4.52. The molecule has 1 N–H and O–H groups in total. The quantitative estimate of drug-likeness (QED) is 0.483. The summed E-state index contributed by atoms with van der Waals surface area (Å²) in [6.07, 6.45) is 3.65. The van der Waals surface area contributed by atoms with E-state index in [9.17, 15) is 9.18 Å². The van der Waals surface area contributed by atoms with Crippen LogP contribution in [-0.4, -0.2) is 39.5 Å². The van der Waals surface area contributed by atoms with Gasteiger partial charge in [-0.25, -0.2) is 14.4 Å². The number of amides is 1. The highest BCUT2D eigenvalue weighted by atomic mass is 35.5. The summed E-state index contributed by atoms with van der Waals surface area (Å²) in [7, 11) is 0. The SMILES string of the molecule is O=C1CC2(CCN(c3nc(Cl)nc4c(F)c(Cl)ncc34)CC2)N1. The van der Waals surface area contributed by atoms with E-state index in [1.165, 1.54) is 6.20 Å². The average molecular weight is 356 g/mol. The van der Waals surface area contributed by atoms with Crippen molar-refractivity contribution in [1.29, 1.82) is 0 Å². The maximum Gasteiger partial charge on any atom is 0.225 e. The molecule has 2 aromatic heterocycles. The highest BCUT2D eigenvalue weighted by Crippen LogP contribution is 2.36. The van der Waals surface area contributed by atoms with Crippen LogP contribution in [-0.2, 0) is 4.79 Å². The van der Waals surface area contributed by atoms with Gasteiger partial charge in [-0.15, -0.1) is 0 Å². The molecule has 2 fully saturated rings. The Kier molecular flexibility index (Phi) is 3.32. The summed E-state index contributed by atoms with van der Waals surface area (Å²) in [5.41, 5.74) is -0.0234. The molecular weight excluding hydrogens is 344 g/mol. The molecule has 2 saturated heterocycles. The number of aromatic nitrogens is 3. The summed E-state index contributed by atoms with van der Waals surface area (Å²) in [5, 5.41) is 3.18. The first-order valence-corrected chi connectivity index (χ1v) is 7.96. The standard InChI is InChI=1S/C14H12Cl2FN5O/c15-11-9(17)10-7(6-18-11)12(20-13(16)19-10)22-3-1-14(2-4-22)5-8(23)21-14/h6H,1-5H2,(H,21,23). The van der Waals surface area contributed by atoms with E-state index in [1.54, 1.807) is 0 Å². The molecule has 23 heavy (non-hydrogen) atoms. The lowest BCUT2D eigenvalue weighted by atomic mass is 9.78. The first-order chi connectivity index (χ1) is 11.0. The molecule has 9 heteroatoms. The largest absolute Gasteiger partial charge is 0.356 e. The topological polar surface area (TPSA) is 71.0 Å². The number of carbonyl (C=O) groups excluding carboxylic acids is 1. The van der Waals surface area contributed by atoms with Gasteiger partial charge in [0, 0.05) is 25.7 Å². The number of pyridine rings is 1. The minimum atomic E-state index is -0.700. The molecule has 120 valence electrons. The second kappa shape index (κ2) is 5.14. The molecule has 0 saturated carbocycles. The van der Waals surface area contributed by atoms with E-state index in [1.807, 2.05) is 4.90 Å². The van der Waals surface area contributed by atoms with Crippen LogP contribution >= 0.6 is 23.2 Å². The molecule has 1 spiro atoms. The number of anilines is 1.